The summed E-state index contributed by atoms with van der Waals surface area (Å²) in [5, 5.41) is 3.16. The first kappa shape index (κ1) is 22.3. The van der Waals surface area contributed by atoms with Crippen LogP contribution in [0.2, 0.25) is 0 Å². The minimum Gasteiger partial charge on any atom is -0.467 e. The molecule has 1 aliphatic heterocycles. The second-order valence-corrected chi connectivity index (χ2v) is 8.60. The van der Waals surface area contributed by atoms with E-state index < -0.39 is 0 Å². The molecule has 4 rings (SSSR count). The normalized spacial score (nSPS) is 15.3. The number of carbonyl (C=O) groups excluding carboxylic acids is 1. The number of rotatable bonds is 9. The van der Waals surface area contributed by atoms with Crippen molar-refractivity contribution in [1.82, 2.24) is 14.3 Å². The zero-order valence-corrected chi connectivity index (χ0v) is 19.1. The van der Waals surface area contributed by atoms with Gasteiger partial charge in [-0.1, -0.05) is 30.0 Å². The van der Waals surface area contributed by atoms with Crippen LogP contribution in [0.5, 0.6) is 0 Å². The second kappa shape index (κ2) is 10.1. The molecule has 1 saturated heterocycles. The van der Waals surface area contributed by atoms with Gasteiger partial charge in [-0.05, 0) is 43.7 Å². The minimum atomic E-state index is -0.279. The van der Waals surface area contributed by atoms with Crippen molar-refractivity contribution in [3.8, 4) is 0 Å². The number of hydrogen-bond acceptors (Lipinski definition) is 8. The Hall–Kier alpha value is -2.95. The van der Waals surface area contributed by atoms with Crippen LogP contribution in [0.1, 0.15) is 24.7 Å². The molecule has 166 valence electrons. The first-order valence-electron chi connectivity index (χ1n) is 10.2. The summed E-state index contributed by atoms with van der Waals surface area (Å²) in [6.07, 6.45) is 5.49. The topological polar surface area (TPSA) is 89.1 Å². The number of nitrogens with one attached hydrogen (secondary N) is 1. The standard InChI is InChI=1S/C22H22N4O4S2/c1-2-29-11-6-10-26-21(28)17(32-22(26)31)13-16-19(23-14-15-7-5-12-30-15)24-18-8-3-4-9-25(18)20(16)27/h3-5,7-9,12-13,23H,2,6,10-11,14H2,1H3/b17-13+. The first-order valence-corrected chi connectivity index (χ1v) is 11.4. The summed E-state index contributed by atoms with van der Waals surface area (Å²) in [6, 6.07) is 8.94. The summed E-state index contributed by atoms with van der Waals surface area (Å²) in [7, 11) is 0. The average Bonchev–Trinajstić information content (AvgIpc) is 3.41. The van der Waals surface area contributed by atoms with Gasteiger partial charge in [-0.3, -0.25) is 18.9 Å². The Morgan fingerprint density at radius 3 is 2.94 bits per heavy atom. The number of carbonyl (C=O) groups is 1. The maximum absolute atomic E-state index is 13.2. The molecular formula is C22H22N4O4S2. The van der Waals surface area contributed by atoms with E-state index in [0.717, 1.165) is 0 Å². The van der Waals surface area contributed by atoms with Gasteiger partial charge in [-0.2, -0.15) is 0 Å². The Kier molecular flexibility index (Phi) is 7.03. The van der Waals surface area contributed by atoms with Crippen molar-refractivity contribution in [3.63, 3.8) is 0 Å². The molecule has 8 nitrogen and oxygen atoms in total. The molecule has 0 atom stereocenters. The van der Waals surface area contributed by atoms with Crippen molar-refractivity contribution in [3.05, 3.63) is 69.4 Å². The van der Waals surface area contributed by atoms with Crippen LogP contribution in [-0.2, 0) is 16.1 Å². The summed E-state index contributed by atoms with van der Waals surface area (Å²) >= 11 is 6.58. The van der Waals surface area contributed by atoms with Gasteiger partial charge in [0.05, 0.1) is 23.3 Å². The van der Waals surface area contributed by atoms with Crippen molar-refractivity contribution in [2.45, 2.75) is 19.9 Å². The molecule has 1 amide bonds. The Morgan fingerprint density at radius 2 is 2.16 bits per heavy atom. The fourth-order valence-electron chi connectivity index (χ4n) is 3.24. The summed E-state index contributed by atoms with van der Waals surface area (Å²) < 4.78 is 12.6. The number of furan rings is 1. The number of ether oxygens (including phenoxy) is 1. The van der Waals surface area contributed by atoms with Crippen molar-refractivity contribution < 1.29 is 13.9 Å². The Bertz CT molecular complexity index is 1220. The Morgan fingerprint density at radius 1 is 1.28 bits per heavy atom. The zero-order valence-electron chi connectivity index (χ0n) is 17.4. The smallest absolute Gasteiger partial charge is 0.267 e. The number of hydrogen-bond donors (Lipinski definition) is 1. The van der Waals surface area contributed by atoms with Crippen molar-refractivity contribution in [1.29, 1.82) is 0 Å². The first-order chi connectivity index (χ1) is 15.6. The van der Waals surface area contributed by atoms with Crippen LogP contribution in [0.25, 0.3) is 11.7 Å². The van der Waals surface area contributed by atoms with Gasteiger partial charge in [-0.15, -0.1) is 0 Å². The largest absolute Gasteiger partial charge is 0.467 e. The molecule has 0 radical (unpaired) electrons. The summed E-state index contributed by atoms with van der Waals surface area (Å²) in [4.78, 5) is 32.7. The number of pyridine rings is 1. The van der Waals surface area contributed by atoms with Gasteiger partial charge in [0, 0.05) is 26.0 Å². The SMILES string of the molecule is CCOCCCN1C(=O)/C(=C\c2c(NCc3ccco3)nc3ccccn3c2=O)SC1=S. The monoisotopic (exact) mass is 470 g/mol. The van der Waals surface area contributed by atoms with E-state index in [1.54, 1.807) is 41.6 Å². The van der Waals surface area contributed by atoms with Gasteiger partial charge in [0.15, 0.2) is 0 Å². The van der Waals surface area contributed by atoms with Gasteiger partial charge < -0.3 is 14.5 Å². The van der Waals surface area contributed by atoms with E-state index in [9.17, 15) is 9.59 Å². The predicted octanol–water partition coefficient (Wildman–Crippen LogP) is 3.53. The summed E-state index contributed by atoms with van der Waals surface area (Å²) in [5.41, 5.74) is 0.509. The van der Waals surface area contributed by atoms with Crippen LogP contribution in [0.3, 0.4) is 0 Å². The molecule has 3 aromatic rings. The third-order valence-corrected chi connectivity index (χ3v) is 6.18. The number of amides is 1. The van der Waals surface area contributed by atoms with E-state index in [1.165, 1.54) is 16.2 Å². The molecular weight excluding hydrogens is 448 g/mol. The number of nitrogens with zero attached hydrogens (tertiary/aromatic N) is 3. The number of aromatic nitrogens is 2. The van der Waals surface area contributed by atoms with Gasteiger partial charge in [0.2, 0.25) is 0 Å². The van der Waals surface area contributed by atoms with E-state index in [4.69, 9.17) is 21.4 Å². The van der Waals surface area contributed by atoms with Gasteiger partial charge in [0.25, 0.3) is 11.5 Å². The van der Waals surface area contributed by atoms with Crippen molar-refractivity contribution in [2.75, 3.05) is 25.1 Å². The molecule has 0 spiro atoms. The minimum absolute atomic E-state index is 0.217. The van der Waals surface area contributed by atoms with Crippen LogP contribution in [0.4, 0.5) is 5.82 Å². The maximum atomic E-state index is 13.2. The Labute approximate surface area is 194 Å². The lowest BCUT2D eigenvalue weighted by Gasteiger charge is -2.14. The molecule has 4 heterocycles. The second-order valence-electron chi connectivity index (χ2n) is 6.92. The molecule has 0 aromatic carbocycles. The summed E-state index contributed by atoms with van der Waals surface area (Å²) in [5.74, 6) is 0.858. The molecule has 1 N–H and O–H groups in total. The molecule has 1 aliphatic rings. The van der Waals surface area contributed by atoms with E-state index in [1.807, 2.05) is 19.1 Å². The van der Waals surface area contributed by atoms with Gasteiger partial charge in [0.1, 0.15) is 21.5 Å². The number of thiocarbonyl (C=S) groups is 1. The molecule has 0 aliphatic carbocycles. The summed E-state index contributed by atoms with van der Waals surface area (Å²) in [6.45, 7) is 3.94. The highest BCUT2D eigenvalue weighted by atomic mass is 32.2. The molecule has 0 saturated carbocycles. The predicted molar refractivity (Wildman–Crippen MR) is 128 cm³/mol. The third-order valence-electron chi connectivity index (χ3n) is 4.80. The highest BCUT2D eigenvalue weighted by Crippen LogP contribution is 2.33. The maximum Gasteiger partial charge on any atom is 0.267 e. The Balaban J connectivity index is 1.66. The van der Waals surface area contributed by atoms with E-state index in [-0.39, 0.29) is 17.0 Å². The van der Waals surface area contributed by atoms with Crippen LogP contribution >= 0.6 is 24.0 Å². The van der Waals surface area contributed by atoms with Gasteiger partial charge in [-0.25, -0.2) is 4.98 Å². The van der Waals surface area contributed by atoms with Crippen LogP contribution in [0.15, 0.2) is 56.9 Å². The third kappa shape index (κ3) is 4.77. The lowest BCUT2D eigenvalue weighted by molar-refractivity contribution is -0.122. The molecule has 0 bridgehead atoms. The lowest BCUT2D eigenvalue weighted by atomic mass is 10.2. The van der Waals surface area contributed by atoms with Crippen LogP contribution < -0.4 is 10.9 Å². The molecule has 3 aromatic heterocycles. The average molecular weight is 471 g/mol. The van der Waals surface area contributed by atoms with Crippen molar-refractivity contribution in [2.24, 2.45) is 0 Å². The fourth-order valence-corrected chi connectivity index (χ4v) is 4.53. The molecule has 32 heavy (non-hydrogen) atoms. The van der Waals surface area contributed by atoms with Gasteiger partial charge >= 0.3 is 0 Å². The van der Waals surface area contributed by atoms with E-state index in [0.29, 0.717) is 59.2 Å². The molecule has 1 fully saturated rings. The van der Waals surface area contributed by atoms with Crippen LogP contribution in [-0.4, -0.2) is 44.3 Å². The number of thioether (sulfide) groups is 1. The van der Waals surface area contributed by atoms with E-state index in [2.05, 4.69) is 10.3 Å². The van der Waals surface area contributed by atoms with E-state index >= 15 is 0 Å². The van der Waals surface area contributed by atoms with Crippen molar-refractivity contribution >= 4 is 51.7 Å². The number of fused-ring (bicyclic) bond motifs is 1. The quantitative estimate of drug-likeness (QED) is 0.289. The number of anilines is 1. The highest BCUT2D eigenvalue weighted by Gasteiger charge is 2.32. The molecule has 10 heteroatoms. The molecule has 0 unspecified atom stereocenters. The fraction of sp³-hybridized carbons (Fsp3) is 0.273. The highest BCUT2D eigenvalue weighted by molar-refractivity contribution is 8.26. The lowest BCUT2D eigenvalue weighted by Crippen LogP contribution is -2.29. The van der Waals surface area contributed by atoms with Crippen LogP contribution in [0, 0.1) is 0 Å². The zero-order chi connectivity index (χ0) is 22.5.